The molecule has 0 radical (unpaired) electrons. The molecule has 2 heterocycles. The van der Waals surface area contributed by atoms with Crippen LogP contribution in [0.15, 0.2) is 47.6 Å². The molecule has 4 rings (SSSR count). The highest BCUT2D eigenvalue weighted by molar-refractivity contribution is 7.89. The number of benzene rings is 2. The van der Waals surface area contributed by atoms with Gasteiger partial charge in [0, 0.05) is 37.9 Å². The lowest BCUT2D eigenvalue weighted by molar-refractivity contribution is 0.383. The monoisotopic (exact) mass is 428 g/mol. The molecule has 3 aromatic rings. The first-order chi connectivity index (χ1) is 14.4. The van der Waals surface area contributed by atoms with E-state index in [0.717, 1.165) is 0 Å². The fourth-order valence-electron chi connectivity index (χ4n) is 3.68. The molecular formula is C20H24N6O3S. The maximum absolute atomic E-state index is 13.2. The van der Waals surface area contributed by atoms with Gasteiger partial charge in [-0.3, -0.25) is 0 Å². The quantitative estimate of drug-likeness (QED) is 0.612. The third-order valence-corrected chi connectivity index (χ3v) is 7.43. The van der Waals surface area contributed by atoms with E-state index >= 15 is 0 Å². The summed E-state index contributed by atoms with van der Waals surface area (Å²) < 4.78 is 34.8. The number of ether oxygens (including phenoxy) is 1. The summed E-state index contributed by atoms with van der Waals surface area (Å²) in [6.45, 7) is 6.32. The Bertz CT molecular complexity index is 1140. The van der Waals surface area contributed by atoms with Crippen LogP contribution in [-0.2, 0) is 10.0 Å². The summed E-state index contributed by atoms with van der Waals surface area (Å²) in [7, 11) is -2.15. The zero-order valence-corrected chi connectivity index (χ0v) is 18.0. The van der Waals surface area contributed by atoms with Crippen molar-refractivity contribution in [2.45, 2.75) is 18.7 Å². The smallest absolute Gasteiger partial charge is 0.243 e. The lowest BCUT2D eigenvalue weighted by Gasteiger charge is -2.36. The maximum atomic E-state index is 13.2. The average molecular weight is 429 g/mol. The van der Waals surface area contributed by atoms with Gasteiger partial charge in [-0.2, -0.15) is 8.99 Å². The number of hydrogen-bond acceptors (Lipinski definition) is 7. The van der Waals surface area contributed by atoms with Crippen molar-refractivity contribution in [3.05, 3.63) is 53.9 Å². The fourth-order valence-corrected chi connectivity index (χ4v) is 5.11. The van der Waals surface area contributed by atoms with E-state index in [-0.39, 0.29) is 4.90 Å². The second-order valence-electron chi connectivity index (χ2n) is 7.20. The van der Waals surface area contributed by atoms with Gasteiger partial charge in [-0.25, -0.2) is 8.42 Å². The normalized spacial score (nSPS) is 15.4. The number of nitrogens with zero attached hydrogens (tertiary/aromatic N) is 6. The zero-order chi connectivity index (χ0) is 21.3. The van der Waals surface area contributed by atoms with Crippen LogP contribution in [0.4, 0.5) is 5.69 Å². The maximum Gasteiger partial charge on any atom is 0.243 e. The summed E-state index contributed by atoms with van der Waals surface area (Å²) in [6, 6.07) is 10.9. The van der Waals surface area contributed by atoms with Crippen molar-refractivity contribution in [2.24, 2.45) is 0 Å². The van der Waals surface area contributed by atoms with Crippen molar-refractivity contribution in [3.8, 4) is 11.4 Å². The molecule has 0 amide bonds. The Kier molecular flexibility index (Phi) is 5.44. The standard InChI is InChI=1S/C20H24N6O3S/c1-15-5-4-6-18(16(15)2)24-9-11-25(12-10-24)30(27,28)17-7-8-19(20(13-17)29-3)26-14-21-22-23-26/h4-8,13-14H,9-12H2,1-3H3. The molecular weight excluding hydrogens is 404 g/mol. The minimum absolute atomic E-state index is 0.191. The molecule has 158 valence electrons. The molecule has 0 spiro atoms. The van der Waals surface area contributed by atoms with Gasteiger partial charge >= 0.3 is 0 Å². The van der Waals surface area contributed by atoms with Crippen molar-refractivity contribution in [3.63, 3.8) is 0 Å². The molecule has 9 nitrogen and oxygen atoms in total. The summed E-state index contributed by atoms with van der Waals surface area (Å²) in [6.07, 6.45) is 1.43. The highest BCUT2D eigenvalue weighted by atomic mass is 32.2. The van der Waals surface area contributed by atoms with Crippen LogP contribution < -0.4 is 9.64 Å². The van der Waals surface area contributed by atoms with E-state index in [4.69, 9.17) is 4.74 Å². The molecule has 1 saturated heterocycles. The Morgan fingerprint density at radius 2 is 1.77 bits per heavy atom. The number of piperazine rings is 1. The van der Waals surface area contributed by atoms with E-state index in [1.165, 1.54) is 45.3 Å². The number of sulfonamides is 1. The molecule has 0 unspecified atom stereocenters. The predicted molar refractivity (Wildman–Crippen MR) is 113 cm³/mol. The summed E-state index contributed by atoms with van der Waals surface area (Å²) in [4.78, 5) is 2.44. The minimum atomic E-state index is -3.64. The first kappa shape index (κ1) is 20.3. The van der Waals surface area contributed by atoms with Crippen molar-refractivity contribution < 1.29 is 13.2 Å². The van der Waals surface area contributed by atoms with E-state index in [2.05, 4.69) is 46.4 Å². The van der Waals surface area contributed by atoms with Gasteiger partial charge in [0.15, 0.2) is 0 Å². The van der Waals surface area contributed by atoms with Crippen LogP contribution in [0.1, 0.15) is 11.1 Å². The third kappa shape index (κ3) is 3.63. The predicted octanol–water partition coefficient (Wildman–Crippen LogP) is 1.80. The number of rotatable bonds is 5. The van der Waals surface area contributed by atoms with Gasteiger partial charge in [0.25, 0.3) is 0 Å². The van der Waals surface area contributed by atoms with Crippen LogP contribution >= 0.6 is 0 Å². The van der Waals surface area contributed by atoms with Gasteiger partial charge in [0.1, 0.15) is 17.8 Å². The molecule has 30 heavy (non-hydrogen) atoms. The van der Waals surface area contributed by atoms with Gasteiger partial charge in [-0.1, -0.05) is 12.1 Å². The zero-order valence-electron chi connectivity index (χ0n) is 17.2. The minimum Gasteiger partial charge on any atom is -0.494 e. The van der Waals surface area contributed by atoms with Crippen molar-refractivity contribution in [1.29, 1.82) is 0 Å². The number of methoxy groups -OCH3 is 1. The average Bonchev–Trinajstić information content (AvgIpc) is 3.30. The van der Waals surface area contributed by atoms with Crippen molar-refractivity contribution >= 4 is 15.7 Å². The molecule has 0 aliphatic carbocycles. The number of hydrogen-bond donors (Lipinski definition) is 0. The lowest BCUT2D eigenvalue weighted by atomic mass is 10.1. The van der Waals surface area contributed by atoms with Gasteiger partial charge in [0.05, 0.1) is 12.0 Å². The Morgan fingerprint density at radius 3 is 2.43 bits per heavy atom. The van der Waals surface area contributed by atoms with Crippen LogP contribution in [0.2, 0.25) is 0 Å². The van der Waals surface area contributed by atoms with E-state index < -0.39 is 10.0 Å². The van der Waals surface area contributed by atoms with E-state index in [1.54, 1.807) is 12.1 Å². The summed E-state index contributed by atoms with van der Waals surface area (Å²) in [5, 5.41) is 11.1. The fraction of sp³-hybridized carbons (Fsp3) is 0.350. The van der Waals surface area contributed by atoms with Crippen molar-refractivity contribution in [2.75, 3.05) is 38.2 Å². The summed E-state index contributed by atoms with van der Waals surface area (Å²) in [5.41, 5.74) is 4.20. The summed E-state index contributed by atoms with van der Waals surface area (Å²) in [5.74, 6) is 0.386. The van der Waals surface area contributed by atoms with E-state index in [0.29, 0.717) is 37.6 Å². The molecule has 0 N–H and O–H groups in total. The Labute approximate surface area is 175 Å². The SMILES string of the molecule is COc1cc(S(=O)(=O)N2CCN(c3cccc(C)c3C)CC2)ccc1-n1cnnn1. The second-order valence-corrected chi connectivity index (χ2v) is 9.14. The number of aromatic nitrogens is 4. The first-order valence-electron chi connectivity index (χ1n) is 9.64. The molecule has 1 aliphatic heterocycles. The Morgan fingerprint density at radius 1 is 1.00 bits per heavy atom. The molecule has 1 aliphatic rings. The first-order valence-corrected chi connectivity index (χ1v) is 11.1. The van der Waals surface area contributed by atoms with Crippen LogP contribution in [0.5, 0.6) is 5.75 Å². The molecule has 10 heteroatoms. The molecule has 0 bridgehead atoms. The molecule has 1 aromatic heterocycles. The van der Waals surface area contributed by atoms with Gasteiger partial charge in [-0.15, -0.1) is 5.10 Å². The van der Waals surface area contributed by atoms with Crippen LogP contribution in [-0.4, -0.2) is 66.2 Å². The molecule has 0 atom stereocenters. The van der Waals surface area contributed by atoms with Gasteiger partial charge in [-0.05, 0) is 53.6 Å². The largest absolute Gasteiger partial charge is 0.494 e. The second kappa shape index (κ2) is 8.04. The van der Waals surface area contributed by atoms with Crippen molar-refractivity contribution in [1.82, 2.24) is 24.5 Å². The van der Waals surface area contributed by atoms with Gasteiger partial charge in [0.2, 0.25) is 10.0 Å². The molecule has 0 saturated carbocycles. The van der Waals surface area contributed by atoms with Crippen LogP contribution in [0.3, 0.4) is 0 Å². The van der Waals surface area contributed by atoms with Gasteiger partial charge < -0.3 is 9.64 Å². The number of aryl methyl sites for hydroxylation is 1. The molecule has 1 fully saturated rings. The third-order valence-electron chi connectivity index (χ3n) is 5.54. The topological polar surface area (TPSA) is 93.5 Å². The summed E-state index contributed by atoms with van der Waals surface area (Å²) >= 11 is 0. The highest BCUT2D eigenvalue weighted by Gasteiger charge is 2.30. The number of tetrazole rings is 1. The lowest BCUT2D eigenvalue weighted by Crippen LogP contribution is -2.48. The molecule has 2 aromatic carbocycles. The van der Waals surface area contributed by atoms with E-state index in [1.807, 2.05) is 6.07 Å². The Hall–Kier alpha value is -2.98. The van der Waals surface area contributed by atoms with E-state index in [9.17, 15) is 8.42 Å². The number of anilines is 1. The van der Waals surface area contributed by atoms with Crippen LogP contribution in [0, 0.1) is 13.8 Å². The van der Waals surface area contributed by atoms with Crippen LogP contribution in [0.25, 0.3) is 5.69 Å². The Balaban J connectivity index is 1.54. The highest BCUT2D eigenvalue weighted by Crippen LogP contribution is 2.29.